The molecule has 0 N–H and O–H groups in total. The van der Waals surface area contributed by atoms with Gasteiger partial charge in [0.1, 0.15) is 0 Å². The second-order valence-electron chi connectivity index (χ2n) is 2.96. The molecule has 0 aromatic heterocycles. The molecule has 1 amide bonds. The van der Waals surface area contributed by atoms with Gasteiger partial charge < -0.3 is 4.74 Å². The topological polar surface area (TPSA) is 32.8 Å². The van der Waals surface area contributed by atoms with E-state index in [0.717, 1.165) is 26.1 Å². The quantitative estimate of drug-likeness (QED) is 0.618. The summed E-state index contributed by atoms with van der Waals surface area (Å²) in [6.45, 7) is 10.8. The van der Waals surface area contributed by atoms with E-state index in [2.05, 4.69) is 6.92 Å². The molecule has 0 atom stereocenters. The molecule has 0 saturated carbocycles. The van der Waals surface area contributed by atoms with Gasteiger partial charge in [-0.2, -0.15) is 0 Å². The maximum absolute atomic E-state index is 11.6. The van der Waals surface area contributed by atoms with Crippen molar-refractivity contribution >= 4 is 6.09 Å². The minimum Gasteiger partial charge on any atom is -0.449 e. The number of hydrogen-bond donors (Lipinski definition) is 0. The zero-order chi connectivity index (χ0) is 11.0. The van der Waals surface area contributed by atoms with Gasteiger partial charge in [0.25, 0.3) is 0 Å². The second-order valence-corrected chi connectivity index (χ2v) is 2.96. The van der Waals surface area contributed by atoms with Crippen molar-refractivity contribution in [3.05, 3.63) is 0 Å². The number of nitrogens with zero attached hydrogens (tertiary/aromatic N) is 2. The van der Waals surface area contributed by atoms with E-state index in [0.29, 0.717) is 6.61 Å². The van der Waals surface area contributed by atoms with Crippen LogP contribution in [0.15, 0.2) is 0 Å². The first-order valence-corrected chi connectivity index (χ1v) is 5.40. The molecule has 84 valence electrons. The Balaban J connectivity index is 4.31. The Kier molecular flexibility index (Phi) is 7.20. The lowest BCUT2D eigenvalue weighted by Crippen LogP contribution is -2.47. The van der Waals surface area contributed by atoms with Crippen molar-refractivity contribution in [1.82, 2.24) is 10.0 Å². The summed E-state index contributed by atoms with van der Waals surface area (Å²) in [6, 6.07) is 0. The Labute approximate surface area is 86.8 Å². The molecular weight excluding hydrogens is 180 g/mol. The van der Waals surface area contributed by atoms with Gasteiger partial charge in [0.15, 0.2) is 0 Å². The van der Waals surface area contributed by atoms with Crippen LogP contribution in [-0.2, 0) is 4.74 Å². The molecule has 0 aromatic rings. The highest BCUT2D eigenvalue weighted by Crippen LogP contribution is 2.02. The molecule has 0 aromatic carbocycles. The van der Waals surface area contributed by atoms with E-state index in [1.165, 1.54) is 0 Å². The fraction of sp³-hybridized carbons (Fsp3) is 0.900. The van der Waals surface area contributed by atoms with Gasteiger partial charge in [0.05, 0.1) is 6.61 Å². The summed E-state index contributed by atoms with van der Waals surface area (Å²) in [6.07, 6.45) is 0.702. The molecule has 0 aliphatic heterocycles. The summed E-state index contributed by atoms with van der Waals surface area (Å²) in [5.74, 6) is 0. The summed E-state index contributed by atoms with van der Waals surface area (Å²) < 4.78 is 4.99. The monoisotopic (exact) mass is 202 g/mol. The Morgan fingerprint density at radius 2 is 1.71 bits per heavy atom. The van der Waals surface area contributed by atoms with E-state index in [1.807, 2.05) is 25.8 Å². The van der Waals surface area contributed by atoms with Crippen LogP contribution in [0.25, 0.3) is 0 Å². The molecule has 0 aliphatic rings. The molecule has 0 saturated heterocycles. The minimum absolute atomic E-state index is 0.238. The van der Waals surface area contributed by atoms with Gasteiger partial charge in [0.2, 0.25) is 0 Å². The van der Waals surface area contributed by atoms with Gasteiger partial charge in [-0.05, 0) is 13.3 Å². The zero-order valence-corrected chi connectivity index (χ0v) is 9.75. The summed E-state index contributed by atoms with van der Waals surface area (Å²) in [7, 11) is 0. The molecular formula is C10H22N2O2. The molecule has 4 heteroatoms. The van der Waals surface area contributed by atoms with Crippen LogP contribution in [0.2, 0.25) is 0 Å². The molecule has 0 radical (unpaired) electrons. The molecule has 0 rings (SSSR count). The Hall–Kier alpha value is -0.770. The lowest BCUT2D eigenvalue weighted by atomic mass is 10.4. The number of amides is 1. The first-order chi connectivity index (χ1) is 6.71. The number of rotatable bonds is 6. The molecule has 0 bridgehead atoms. The maximum atomic E-state index is 11.6. The summed E-state index contributed by atoms with van der Waals surface area (Å²) in [5.41, 5.74) is 0. The van der Waals surface area contributed by atoms with Crippen LogP contribution >= 0.6 is 0 Å². The molecule has 0 heterocycles. The van der Waals surface area contributed by atoms with Crippen molar-refractivity contribution < 1.29 is 9.53 Å². The first kappa shape index (κ1) is 13.2. The van der Waals surface area contributed by atoms with Crippen LogP contribution in [0, 0.1) is 0 Å². The lowest BCUT2D eigenvalue weighted by molar-refractivity contribution is -0.0149. The van der Waals surface area contributed by atoms with Crippen molar-refractivity contribution in [3.8, 4) is 0 Å². The third-order valence-electron chi connectivity index (χ3n) is 1.99. The van der Waals surface area contributed by atoms with Gasteiger partial charge in [-0.15, -0.1) is 0 Å². The van der Waals surface area contributed by atoms with E-state index in [1.54, 1.807) is 5.01 Å². The third-order valence-corrected chi connectivity index (χ3v) is 1.99. The molecule has 0 fully saturated rings. The lowest BCUT2D eigenvalue weighted by Gasteiger charge is -2.32. The molecule has 14 heavy (non-hydrogen) atoms. The van der Waals surface area contributed by atoms with Gasteiger partial charge in [-0.1, -0.05) is 20.8 Å². The van der Waals surface area contributed by atoms with E-state index < -0.39 is 0 Å². The largest absolute Gasteiger partial charge is 0.449 e. The van der Waals surface area contributed by atoms with Crippen molar-refractivity contribution in [2.24, 2.45) is 0 Å². The number of carbonyl (C=O) groups excluding carboxylic acids is 1. The van der Waals surface area contributed by atoms with Crippen LogP contribution in [0.4, 0.5) is 4.79 Å². The molecule has 0 spiro atoms. The predicted molar refractivity (Wildman–Crippen MR) is 56.9 cm³/mol. The molecule has 4 nitrogen and oxygen atoms in total. The fourth-order valence-corrected chi connectivity index (χ4v) is 1.32. The minimum atomic E-state index is -0.238. The van der Waals surface area contributed by atoms with Crippen LogP contribution < -0.4 is 0 Å². The predicted octanol–water partition coefficient (Wildman–Crippen LogP) is 2.11. The van der Waals surface area contributed by atoms with Gasteiger partial charge in [0, 0.05) is 19.6 Å². The zero-order valence-electron chi connectivity index (χ0n) is 9.75. The van der Waals surface area contributed by atoms with Crippen LogP contribution in [0.3, 0.4) is 0 Å². The number of carbonyl (C=O) groups is 1. The highest BCUT2D eigenvalue weighted by molar-refractivity contribution is 5.66. The Morgan fingerprint density at radius 3 is 2.07 bits per heavy atom. The number of hydrazine groups is 1. The second kappa shape index (κ2) is 7.62. The van der Waals surface area contributed by atoms with Crippen LogP contribution in [0.5, 0.6) is 0 Å². The van der Waals surface area contributed by atoms with E-state index in [9.17, 15) is 4.79 Å². The normalized spacial score (nSPS) is 10.4. The Bertz CT molecular complexity index is 158. The highest BCUT2D eigenvalue weighted by atomic mass is 16.6. The fourth-order valence-electron chi connectivity index (χ4n) is 1.32. The SMILES string of the molecule is CCCN(C(=O)OCC)N(CC)CC. The standard InChI is InChI=1S/C10H22N2O2/c1-5-9-12(10(13)14-8-4)11(6-2)7-3/h5-9H2,1-4H3. The molecule has 0 aliphatic carbocycles. The van der Waals surface area contributed by atoms with Gasteiger partial charge in [-0.3, -0.25) is 0 Å². The summed E-state index contributed by atoms with van der Waals surface area (Å²) in [5, 5.41) is 3.67. The number of hydrogen-bond acceptors (Lipinski definition) is 3. The van der Waals surface area contributed by atoms with Crippen LogP contribution in [-0.4, -0.2) is 42.4 Å². The Morgan fingerprint density at radius 1 is 1.14 bits per heavy atom. The van der Waals surface area contributed by atoms with Gasteiger partial charge in [-0.25, -0.2) is 14.8 Å². The average molecular weight is 202 g/mol. The van der Waals surface area contributed by atoms with Crippen LogP contribution in [0.1, 0.15) is 34.1 Å². The molecule has 0 unspecified atom stereocenters. The van der Waals surface area contributed by atoms with E-state index >= 15 is 0 Å². The maximum Gasteiger partial charge on any atom is 0.424 e. The third kappa shape index (κ3) is 3.96. The summed E-state index contributed by atoms with van der Waals surface area (Å²) in [4.78, 5) is 11.6. The average Bonchev–Trinajstić information content (AvgIpc) is 2.18. The first-order valence-electron chi connectivity index (χ1n) is 5.40. The van der Waals surface area contributed by atoms with Crippen molar-refractivity contribution in [2.75, 3.05) is 26.2 Å². The number of ether oxygens (including phenoxy) is 1. The van der Waals surface area contributed by atoms with Gasteiger partial charge >= 0.3 is 6.09 Å². The van der Waals surface area contributed by atoms with Crippen molar-refractivity contribution in [1.29, 1.82) is 0 Å². The van der Waals surface area contributed by atoms with E-state index in [-0.39, 0.29) is 6.09 Å². The van der Waals surface area contributed by atoms with Crippen molar-refractivity contribution in [2.45, 2.75) is 34.1 Å². The summed E-state index contributed by atoms with van der Waals surface area (Å²) >= 11 is 0. The van der Waals surface area contributed by atoms with E-state index in [4.69, 9.17) is 4.74 Å². The van der Waals surface area contributed by atoms with Crippen molar-refractivity contribution in [3.63, 3.8) is 0 Å². The smallest absolute Gasteiger partial charge is 0.424 e. The highest BCUT2D eigenvalue weighted by Gasteiger charge is 2.18.